The molecule has 2 aromatic rings. The first-order valence-electron chi connectivity index (χ1n) is 8.76. The fraction of sp³-hybridized carbons (Fsp3) is 0.381. The molecule has 0 aliphatic heterocycles. The van der Waals surface area contributed by atoms with Gasteiger partial charge in [0.2, 0.25) is 5.91 Å². The van der Waals surface area contributed by atoms with Crippen molar-refractivity contribution in [3.05, 3.63) is 65.2 Å². The van der Waals surface area contributed by atoms with Crippen molar-refractivity contribution < 1.29 is 9.90 Å². The van der Waals surface area contributed by atoms with Gasteiger partial charge in [0.05, 0.1) is 6.10 Å². The van der Waals surface area contributed by atoms with Crippen LogP contribution in [0.5, 0.6) is 0 Å². The molecule has 0 saturated heterocycles. The molecule has 134 valence electrons. The van der Waals surface area contributed by atoms with Gasteiger partial charge in [-0.2, -0.15) is 0 Å². The molecule has 0 heterocycles. The van der Waals surface area contributed by atoms with Crippen molar-refractivity contribution in [1.29, 1.82) is 0 Å². The molecule has 0 aliphatic rings. The van der Waals surface area contributed by atoms with Gasteiger partial charge in [0.25, 0.3) is 0 Å². The quantitative estimate of drug-likeness (QED) is 0.691. The van der Waals surface area contributed by atoms with Crippen LogP contribution < -0.4 is 10.6 Å². The van der Waals surface area contributed by atoms with Crippen molar-refractivity contribution >= 4 is 11.6 Å². The molecule has 0 unspecified atom stereocenters. The second kappa shape index (κ2) is 9.35. The second-order valence-corrected chi connectivity index (χ2v) is 6.72. The molecule has 4 nitrogen and oxygen atoms in total. The summed E-state index contributed by atoms with van der Waals surface area (Å²) in [5, 5.41) is 16.3. The highest BCUT2D eigenvalue weighted by Gasteiger charge is 2.12. The number of hydrogen-bond acceptors (Lipinski definition) is 3. The van der Waals surface area contributed by atoms with Crippen LogP contribution in [0.15, 0.2) is 48.5 Å². The number of benzene rings is 2. The van der Waals surface area contributed by atoms with Crippen molar-refractivity contribution in [3.63, 3.8) is 0 Å². The van der Waals surface area contributed by atoms with Crippen LogP contribution in [0.25, 0.3) is 0 Å². The van der Waals surface area contributed by atoms with Crippen LogP contribution in [0.4, 0.5) is 5.69 Å². The van der Waals surface area contributed by atoms with Gasteiger partial charge in [0, 0.05) is 24.7 Å². The normalized spacial score (nSPS) is 13.3. The van der Waals surface area contributed by atoms with Gasteiger partial charge in [0.15, 0.2) is 0 Å². The molecule has 0 fully saturated rings. The number of amides is 1. The number of aryl methyl sites for hydroxylation is 2. The number of nitrogens with one attached hydrogen (secondary N) is 2. The van der Waals surface area contributed by atoms with Gasteiger partial charge in [0.1, 0.15) is 0 Å². The van der Waals surface area contributed by atoms with E-state index in [2.05, 4.69) is 16.7 Å². The number of anilines is 1. The number of carbonyl (C=O) groups excluding carboxylic acids is 1. The Morgan fingerprint density at radius 1 is 1.12 bits per heavy atom. The lowest BCUT2D eigenvalue weighted by atomic mass is 10.1. The van der Waals surface area contributed by atoms with Gasteiger partial charge in [-0.3, -0.25) is 4.79 Å². The average Bonchev–Trinajstić information content (AvgIpc) is 2.56. The van der Waals surface area contributed by atoms with E-state index >= 15 is 0 Å². The zero-order valence-corrected chi connectivity index (χ0v) is 15.3. The maximum absolute atomic E-state index is 12.2. The number of aliphatic hydroxyl groups excluding tert-OH is 1. The third-order valence-electron chi connectivity index (χ3n) is 4.16. The predicted octanol–water partition coefficient (Wildman–Crippen LogP) is 3.21. The topological polar surface area (TPSA) is 61.4 Å². The highest BCUT2D eigenvalue weighted by atomic mass is 16.3. The van der Waals surface area contributed by atoms with E-state index < -0.39 is 6.10 Å². The van der Waals surface area contributed by atoms with Crippen molar-refractivity contribution in [2.24, 2.45) is 0 Å². The average molecular weight is 340 g/mol. The van der Waals surface area contributed by atoms with E-state index in [1.807, 2.05) is 63.2 Å². The largest absolute Gasteiger partial charge is 0.391 e. The van der Waals surface area contributed by atoms with Gasteiger partial charge in [-0.25, -0.2) is 0 Å². The molecule has 2 atom stereocenters. The summed E-state index contributed by atoms with van der Waals surface area (Å²) in [5.41, 5.74) is 4.20. The van der Waals surface area contributed by atoms with E-state index in [1.54, 1.807) is 0 Å². The Hall–Kier alpha value is -2.17. The molecule has 0 aliphatic carbocycles. The Balaban J connectivity index is 1.73. The lowest BCUT2D eigenvalue weighted by molar-refractivity contribution is -0.116. The zero-order valence-electron chi connectivity index (χ0n) is 15.3. The molecule has 0 radical (unpaired) electrons. The van der Waals surface area contributed by atoms with Crippen LogP contribution in [0.1, 0.15) is 30.0 Å². The number of aliphatic hydroxyl groups is 1. The molecule has 0 spiro atoms. The Bertz CT molecular complexity index is 686. The van der Waals surface area contributed by atoms with Crippen molar-refractivity contribution in [3.8, 4) is 0 Å². The molecule has 25 heavy (non-hydrogen) atoms. The monoisotopic (exact) mass is 340 g/mol. The molecular formula is C21H28N2O2. The van der Waals surface area contributed by atoms with Crippen molar-refractivity contribution in [2.45, 2.75) is 45.8 Å². The van der Waals surface area contributed by atoms with E-state index in [0.29, 0.717) is 19.4 Å². The summed E-state index contributed by atoms with van der Waals surface area (Å²) in [6, 6.07) is 15.9. The predicted molar refractivity (Wildman–Crippen MR) is 103 cm³/mol. The summed E-state index contributed by atoms with van der Waals surface area (Å²) >= 11 is 0. The van der Waals surface area contributed by atoms with E-state index in [-0.39, 0.29) is 11.9 Å². The lowest BCUT2D eigenvalue weighted by Crippen LogP contribution is -2.37. The van der Waals surface area contributed by atoms with Crippen LogP contribution >= 0.6 is 0 Å². The SMILES string of the molecule is Cc1ccc(NC(=O)C[C@@H](C)NC[C@H](O)Cc2ccccc2)c(C)c1. The first kappa shape index (κ1) is 19.2. The smallest absolute Gasteiger partial charge is 0.225 e. The third-order valence-corrected chi connectivity index (χ3v) is 4.16. The van der Waals surface area contributed by atoms with Crippen LogP contribution in [-0.4, -0.2) is 29.7 Å². The summed E-state index contributed by atoms with van der Waals surface area (Å²) in [4.78, 5) is 12.2. The van der Waals surface area contributed by atoms with Crippen molar-refractivity contribution in [2.75, 3.05) is 11.9 Å². The van der Waals surface area contributed by atoms with E-state index in [0.717, 1.165) is 16.8 Å². The minimum absolute atomic E-state index is 0.00354. The molecular weight excluding hydrogens is 312 g/mol. The van der Waals surface area contributed by atoms with Crippen molar-refractivity contribution in [1.82, 2.24) is 5.32 Å². The second-order valence-electron chi connectivity index (χ2n) is 6.72. The van der Waals surface area contributed by atoms with Gasteiger partial charge in [-0.15, -0.1) is 0 Å². The Labute approximate surface area is 150 Å². The van der Waals surface area contributed by atoms with Gasteiger partial charge < -0.3 is 15.7 Å². The van der Waals surface area contributed by atoms with E-state index in [1.165, 1.54) is 5.56 Å². The molecule has 0 saturated carbocycles. The summed E-state index contributed by atoms with van der Waals surface area (Å²) in [6.45, 7) is 6.44. The van der Waals surface area contributed by atoms with Gasteiger partial charge in [-0.1, -0.05) is 48.0 Å². The molecule has 2 rings (SSSR count). The van der Waals surface area contributed by atoms with Gasteiger partial charge in [-0.05, 0) is 44.4 Å². The molecule has 1 amide bonds. The van der Waals surface area contributed by atoms with Crippen LogP contribution in [0, 0.1) is 13.8 Å². The zero-order chi connectivity index (χ0) is 18.2. The molecule has 0 bridgehead atoms. The molecule has 3 N–H and O–H groups in total. The minimum atomic E-state index is -0.466. The minimum Gasteiger partial charge on any atom is -0.391 e. The fourth-order valence-electron chi connectivity index (χ4n) is 2.80. The standard InChI is InChI=1S/C21H28N2O2/c1-15-9-10-20(16(2)11-15)23-21(25)12-17(3)22-14-19(24)13-18-7-5-4-6-8-18/h4-11,17,19,22,24H,12-14H2,1-3H3,(H,23,25)/t17-,19-/m1/s1. The fourth-order valence-corrected chi connectivity index (χ4v) is 2.80. The van der Waals surface area contributed by atoms with E-state index in [4.69, 9.17) is 0 Å². The van der Waals surface area contributed by atoms with Crippen LogP contribution in [0.3, 0.4) is 0 Å². The summed E-state index contributed by atoms with van der Waals surface area (Å²) in [7, 11) is 0. The molecule has 0 aromatic heterocycles. The molecule has 4 heteroatoms. The number of carbonyl (C=O) groups is 1. The summed E-state index contributed by atoms with van der Waals surface area (Å²) in [6.07, 6.45) is 0.507. The first-order valence-corrected chi connectivity index (χ1v) is 8.76. The Morgan fingerprint density at radius 2 is 1.84 bits per heavy atom. The first-order chi connectivity index (χ1) is 11.9. The highest BCUT2D eigenvalue weighted by molar-refractivity contribution is 5.91. The summed E-state index contributed by atoms with van der Waals surface area (Å²) < 4.78 is 0. The van der Waals surface area contributed by atoms with Gasteiger partial charge >= 0.3 is 0 Å². The number of hydrogen-bond donors (Lipinski definition) is 3. The van der Waals surface area contributed by atoms with Crippen LogP contribution in [-0.2, 0) is 11.2 Å². The molecule has 2 aromatic carbocycles. The number of rotatable bonds is 8. The lowest BCUT2D eigenvalue weighted by Gasteiger charge is -2.17. The van der Waals surface area contributed by atoms with Crippen LogP contribution in [0.2, 0.25) is 0 Å². The third kappa shape index (κ3) is 6.69. The Kier molecular flexibility index (Phi) is 7.16. The van der Waals surface area contributed by atoms with E-state index in [9.17, 15) is 9.90 Å². The maximum atomic E-state index is 12.2. The maximum Gasteiger partial charge on any atom is 0.225 e. The highest BCUT2D eigenvalue weighted by Crippen LogP contribution is 2.16. The summed E-state index contributed by atoms with van der Waals surface area (Å²) in [5.74, 6) is -0.0236. The Morgan fingerprint density at radius 3 is 2.52 bits per heavy atom.